The van der Waals surface area contributed by atoms with Gasteiger partial charge >= 0.3 is 0 Å². The van der Waals surface area contributed by atoms with Gasteiger partial charge in [0.15, 0.2) is 0 Å². The van der Waals surface area contributed by atoms with E-state index in [1.807, 2.05) is 33.3 Å². The Morgan fingerprint density at radius 2 is 1.07 bits per heavy atom. The normalized spacial score (nSPS) is 13.7. The maximum absolute atomic E-state index is 2.35. The quantitative estimate of drug-likeness (QED) is 0.263. The Hall–Kier alpha value is -1.03. The Morgan fingerprint density at radius 1 is 0.630 bits per heavy atom. The predicted molar refractivity (Wildman–Crippen MR) is 127 cm³/mol. The molecule has 144 valence electrons. The third-order valence-corrected chi connectivity index (χ3v) is 6.96. The molecule has 0 unspecified atom stereocenters. The second-order valence-corrected chi connectivity index (χ2v) is 11.6. The molecule has 0 bridgehead atoms. The Kier molecular flexibility index (Phi) is 8.20. The van der Waals surface area contributed by atoms with Crippen molar-refractivity contribution in [2.45, 2.75) is 51.3 Å². The van der Waals surface area contributed by atoms with Crippen LogP contribution in [0.15, 0.2) is 92.4 Å². The summed E-state index contributed by atoms with van der Waals surface area (Å²) in [6, 6.07) is 21.2. The highest BCUT2D eigenvalue weighted by Gasteiger charge is 2.28. The standard InChI is InChI=1S/C24H30S3/c1-23(2,3)21(17-25-19-13-9-7-10-14-19)22(24(4,5)6)18-26-27-20-15-11-8-12-16-20/h7-18H,1-6H3/b21-17+,22-18-. The average molecular weight is 415 g/mol. The molecule has 0 amide bonds. The number of benzene rings is 2. The van der Waals surface area contributed by atoms with Crippen molar-refractivity contribution in [3.8, 4) is 0 Å². The lowest BCUT2D eigenvalue weighted by atomic mass is 9.74. The van der Waals surface area contributed by atoms with E-state index in [9.17, 15) is 0 Å². The van der Waals surface area contributed by atoms with Crippen LogP contribution in [-0.4, -0.2) is 0 Å². The Bertz CT molecular complexity index is 761. The van der Waals surface area contributed by atoms with Gasteiger partial charge < -0.3 is 0 Å². The van der Waals surface area contributed by atoms with E-state index in [0.717, 1.165) is 0 Å². The van der Waals surface area contributed by atoms with E-state index < -0.39 is 0 Å². The second kappa shape index (κ2) is 9.95. The smallest absolute Gasteiger partial charge is 0.0186 e. The van der Waals surface area contributed by atoms with Gasteiger partial charge in [0.25, 0.3) is 0 Å². The molecule has 2 rings (SSSR count). The molecule has 2 aromatic rings. The number of allylic oxidation sites excluding steroid dienone is 2. The van der Waals surface area contributed by atoms with E-state index >= 15 is 0 Å². The SMILES string of the molecule is CC(C)(C)C(=C/Sc1ccccc1)/C(=C/SSc1ccccc1)C(C)(C)C. The van der Waals surface area contributed by atoms with Gasteiger partial charge in [-0.15, -0.1) is 0 Å². The summed E-state index contributed by atoms with van der Waals surface area (Å²) in [5.41, 5.74) is 2.98. The Morgan fingerprint density at radius 3 is 1.56 bits per heavy atom. The first-order chi connectivity index (χ1) is 12.7. The number of rotatable bonds is 6. The van der Waals surface area contributed by atoms with Crippen molar-refractivity contribution >= 4 is 33.3 Å². The van der Waals surface area contributed by atoms with Gasteiger partial charge in [-0.3, -0.25) is 0 Å². The van der Waals surface area contributed by atoms with E-state index in [4.69, 9.17) is 0 Å². The van der Waals surface area contributed by atoms with E-state index in [1.54, 1.807) is 0 Å². The van der Waals surface area contributed by atoms with Crippen LogP contribution in [0.25, 0.3) is 0 Å². The summed E-state index contributed by atoms with van der Waals surface area (Å²) in [5, 5.41) is 4.69. The summed E-state index contributed by atoms with van der Waals surface area (Å²) in [6.07, 6.45) is 0. The fourth-order valence-electron chi connectivity index (χ4n) is 2.52. The highest BCUT2D eigenvalue weighted by atomic mass is 33.1. The highest BCUT2D eigenvalue weighted by molar-refractivity contribution is 8.77. The van der Waals surface area contributed by atoms with Crippen LogP contribution < -0.4 is 0 Å². The maximum Gasteiger partial charge on any atom is 0.0186 e. The summed E-state index contributed by atoms with van der Waals surface area (Å²) in [5.74, 6) is 0. The largest absolute Gasteiger partial charge is 0.0978 e. The van der Waals surface area contributed by atoms with Crippen LogP contribution in [0.1, 0.15) is 41.5 Å². The molecule has 0 aromatic heterocycles. The lowest BCUT2D eigenvalue weighted by molar-refractivity contribution is 0.448. The molecule has 0 atom stereocenters. The minimum atomic E-state index is 0.0822. The fraction of sp³-hybridized carbons (Fsp3) is 0.333. The minimum Gasteiger partial charge on any atom is -0.0978 e. The summed E-state index contributed by atoms with van der Waals surface area (Å²) in [6.45, 7) is 13.8. The molecular formula is C24H30S3. The van der Waals surface area contributed by atoms with Gasteiger partial charge in [-0.05, 0) is 57.1 Å². The van der Waals surface area contributed by atoms with Crippen molar-refractivity contribution in [1.29, 1.82) is 0 Å². The number of hydrogen-bond acceptors (Lipinski definition) is 3. The molecule has 0 heterocycles. The Balaban J connectivity index is 2.29. The van der Waals surface area contributed by atoms with Gasteiger partial charge in [0, 0.05) is 9.79 Å². The van der Waals surface area contributed by atoms with Gasteiger partial charge in [0.1, 0.15) is 0 Å². The van der Waals surface area contributed by atoms with E-state index in [0.29, 0.717) is 0 Å². The first kappa shape index (κ1) is 22.3. The topological polar surface area (TPSA) is 0 Å². The van der Waals surface area contributed by atoms with Crippen molar-refractivity contribution in [3.63, 3.8) is 0 Å². The lowest BCUT2D eigenvalue weighted by Gasteiger charge is -2.33. The molecule has 0 fully saturated rings. The fourth-order valence-corrected chi connectivity index (χ4v) is 5.67. The molecule has 0 aliphatic heterocycles. The third kappa shape index (κ3) is 7.48. The van der Waals surface area contributed by atoms with Crippen molar-refractivity contribution in [2.24, 2.45) is 10.8 Å². The first-order valence-corrected chi connectivity index (χ1v) is 12.3. The zero-order chi connectivity index (χ0) is 19.9. The molecule has 0 saturated heterocycles. The van der Waals surface area contributed by atoms with Crippen LogP contribution in [0, 0.1) is 10.8 Å². The molecule has 27 heavy (non-hydrogen) atoms. The van der Waals surface area contributed by atoms with Crippen LogP contribution in [0.2, 0.25) is 0 Å². The second-order valence-electron chi connectivity index (χ2n) is 8.49. The first-order valence-electron chi connectivity index (χ1n) is 9.20. The van der Waals surface area contributed by atoms with E-state index in [-0.39, 0.29) is 10.8 Å². The van der Waals surface area contributed by atoms with Gasteiger partial charge in [0.2, 0.25) is 0 Å². The van der Waals surface area contributed by atoms with Gasteiger partial charge in [-0.2, -0.15) is 0 Å². The molecular weight excluding hydrogens is 384 g/mol. The molecule has 0 spiro atoms. The molecule has 0 aliphatic carbocycles. The van der Waals surface area contributed by atoms with Crippen molar-refractivity contribution in [1.82, 2.24) is 0 Å². The summed E-state index contributed by atoms with van der Waals surface area (Å²) in [7, 11) is 3.63. The third-order valence-electron chi connectivity index (χ3n) is 4.02. The molecule has 0 N–H and O–H groups in total. The van der Waals surface area contributed by atoms with Gasteiger partial charge in [-0.25, -0.2) is 0 Å². The van der Waals surface area contributed by atoms with Crippen LogP contribution in [0.4, 0.5) is 0 Å². The highest BCUT2D eigenvalue weighted by Crippen LogP contribution is 2.45. The van der Waals surface area contributed by atoms with E-state index in [2.05, 4.69) is 113 Å². The minimum absolute atomic E-state index is 0.0822. The zero-order valence-electron chi connectivity index (χ0n) is 17.2. The van der Waals surface area contributed by atoms with E-state index in [1.165, 1.54) is 20.9 Å². The van der Waals surface area contributed by atoms with Gasteiger partial charge in [-0.1, -0.05) is 111 Å². The number of thioether (sulfide) groups is 1. The summed E-state index contributed by atoms with van der Waals surface area (Å²) >= 11 is 1.81. The van der Waals surface area contributed by atoms with Crippen molar-refractivity contribution in [2.75, 3.05) is 0 Å². The molecule has 0 saturated carbocycles. The monoisotopic (exact) mass is 414 g/mol. The lowest BCUT2D eigenvalue weighted by Crippen LogP contribution is -2.20. The summed E-state index contributed by atoms with van der Waals surface area (Å²) < 4.78 is 0. The number of hydrogen-bond donors (Lipinski definition) is 0. The van der Waals surface area contributed by atoms with Crippen molar-refractivity contribution in [3.05, 3.63) is 82.6 Å². The molecule has 0 radical (unpaired) electrons. The molecule has 0 aliphatic rings. The maximum atomic E-state index is 2.35. The predicted octanol–water partition coefficient (Wildman–Crippen LogP) is 9.08. The van der Waals surface area contributed by atoms with Crippen LogP contribution in [0.3, 0.4) is 0 Å². The molecule has 2 aromatic carbocycles. The zero-order valence-corrected chi connectivity index (χ0v) is 19.6. The molecule has 3 heteroatoms. The summed E-state index contributed by atoms with van der Waals surface area (Å²) in [4.78, 5) is 2.56. The molecule has 0 nitrogen and oxygen atoms in total. The van der Waals surface area contributed by atoms with Crippen LogP contribution in [-0.2, 0) is 0 Å². The average Bonchev–Trinajstić information content (AvgIpc) is 2.60. The van der Waals surface area contributed by atoms with Crippen LogP contribution >= 0.6 is 33.3 Å². The van der Waals surface area contributed by atoms with Crippen LogP contribution in [0.5, 0.6) is 0 Å². The van der Waals surface area contributed by atoms with Gasteiger partial charge in [0.05, 0.1) is 0 Å². The van der Waals surface area contributed by atoms with Crippen molar-refractivity contribution < 1.29 is 0 Å². The Labute approximate surface area is 177 Å².